The number of hydrogen-bond donors (Lipinski definition) is 2. The molecule has 0 aromatic heterocycles. The maximum atomic E-state index is 11.8. The van der Waals surface area contributed by atoms with E-state index in [1.165, 1.54) is 0 Å². The van der Waals surface area contributed by atoms with E-state index < -0.39 is 11.6 Å². The highest BCUT2D eigenvalue weighted by Crippen LogP contribution is 2.29. The Kier molecular flexibility index (Phi) is 5.22. The van der Waals surface area contributed by atoms with Crippen molar-refractivity contribution in [2.75, 3.05) is 12.3 Å². The fourth-order valence-electron chi connectivity index (χ4n) is 1.76. The number of alkyl halides is 3. The molecule has 90 valence electrons. The molecule has 2 unspecified atom stereocenters. The molecule has 0 bridgehead atoms. The number of rotatable bonds is 4. The van der Waals surface area contributed by atoms with Gasteiger partial charge in [-0.1, -0.05) is 12.8 Å². The van der Waals surface area contributed by atoms with Gasteiger partial charge in [-0.25, -0.2) is 0 Å². The van der Waals surface area contributed by atoms with E-state index in [1.54, 1.807) is 0 Å². The molecule has 1 fully saturated rings. The molecule has 6 heteroatoms. The van der Waals surface area contributed by atoms with Gasteiger partial charge in [-0.15, -0.1) is 0 Å². The summed E-state index contributed by atoms with van der Waals surface area (Å²) in [4.78, 5) is 0. The first-order valence-electron chi connectivity index (χ1n) is 5.11. The normalized spacial score (nSPS) is 28.0. The molecule has 0 radical (unpaired) electrons. The third kappa shape index (κ3) is 5.63. The van der Waals surface area contributed by atoms with Crippen molar-refractivity contribution in [3.05, 3.63) is 0 Å². The van der Waals surface area contributed by atoms with Gasteiger partial charge in [0.1, 0.15) is 0 Å². The van der Waals surface area contributed by atoms with E-state index in [9.17, 15) is 18.3 Å². The summed E-state index contributed by atoms with van der Waals surface area (Å²) in [5.41, 5.74) is -4.15. The van der Waals surface area contributed by atoms with Crippen LogP contribution in [0.25, 0.3) is 0 Å². The first kappa shape index (κ1) is 13.1. The van der Waals surface area contributed by atoms with Crippen LogP contribution in [-0.2, 0) is 0 Å². The summed E-state index contributed by atoms with van der Waals surface area (Å²) in [6.45, 7) is 0.298. The molecular weight excluding hydrogens is 227 g/mol. The average molecular weight is 243 g/mol. The Morgan fingerprint density at radius 2 is 1.93 bits per heavy atom. The van der Waals surface area contributed by atoms with Crippen LogP contribution in [0.2, 0.25) is 0 Å². The quantitative estimate of drug-likeness (QED) is 0.742. The number of aliphatic hydroxyl groups is 1. The fourth-order valence-corrected chi connectivity index (χ4v) is 2.21. The van der Waals surface area contributed by atoms with Gasteiger partial charge in [0.05, 0.1) is 6.10 Å². The van der Waals surface area contributed by atoms with E-state index >= 15 is 0 Å². The van der Waals surface area contributed by atoms with E-state index in [0.29, 0.717) is 6.54 Å². The summed E-state index contributed by atoms with van der Waals surface area (Å²) in [5, 5.41) is 12.5. The molecule has 0 amide bonds. The topological polar surface area (TPSA) is 32.3 Å². The molecule has 1 rings (SSSR count). The Bertz CT molecular complexity index is 189. The third-order valence-corrected chi connectivity index (χ3v) is 3.24. The molecule has 0 aromatic rings. The van der Waals surface area contributed by atoms with E-state index in [0.717, 1.165) is 25.7 Å². The number of nitrogens with one attached hydrogen (secondary N) is 1. The SMILES string of the molecule is OC1CCCCC1NCCSC(F)(F)F. The van der Waals surface area contributed by atoms with Gasteiger partial charge >= 0.3 is 5.51 Å². The molecular formula is C9H16F3NOS. The Morgan fingerprint density at radius 3 is 2.53 bits per heavy atom. The Hall–Kier alpha value is 0.0600. The van der Waals surface area contributed by atoms with Gasteiger partial charge in [-0.05, 0) is 24.6 Å². The molecule has 1 saturated carbocycles. The van der Waals surface area contributed by atoms with Gasteiger partial charge in [-0.2, -0.15) is 13.2 Å². The molecule has 0 heterocycles. The summed E-state index contributed by atoms with van der Waals surface area (Å²) >= 11 is -0.0208. The monoisotopic (exact) mass is 243 g/mol. The summed E-state index contributed by atoms with van der Waals surface area (Å²) in [5.74, 6) is 0.00667. The summed E-state index contributed by atoms with van der Waals surface area (Å²) < 4.78 is 35.4. The van der Waals surface area contributed by atoms with Crippen LogP contribution in [0, 0.1) is 0 Å². The van der Waals surface area contributed by atoms with Crippen molar-refractivity contribution >= 4 is 11.8 Å². The van der Waals surface area contributed by atoms with Crippen molar-refractivity contribution in [3.63, 3.8) is 0 Å². The second-order valence-electron chi connectivity index (χ2n) is 3.71. The molecule has 2 atom stereocenters. The van der Waals surface area contributed by atoms with E-state index in [1.807, 2.05) is 0 Å². The predicted molar refractivity (Wildman–Crippen MR) is 54.8 cm³/mol. The highest BCUT2D eigenvalue weighted by Gasteiger charge is 2.28. The van der Waals surface area contributed by atoms with Crippen LogP contribution >= 0.6 is 11.8 Å². The van der Waals surface area contributed by atoms with Crippen molar-refractivity contribution in [2.24, 2.45) is 0 Å². The second kappa shape index (κ2) is 5.96. The first-order valence-corrected chi connectivity index (χ1v) is 6.10. The number of hydrogen-bond acceptors (Lipinski definition) is 3. The van der Waals surface area contributed by atoms with E-state index in [-0.39, 0.29) is 23.6 Å². The van der Waals surface area contributed by atoms with Gasteiger partial charge in [0.2, 0.25) is 0 Å². The zero-order chi connectivity index (χ0) is 11.3. The number of thioether (sulfide) groups is 1. The van der Waals surface area contributed by atoms with Crippen molar-refractivity contribution in [2.45, 2.75) is 43.3 Å². The zero-order valence-electron chi connectivity index (χ0n) is 8.39. The van der Waals surface area contributed by atoms with Crippen molar-refractivity contribution < 1.29 is 18.3 Å². The number of halogens is 3. The molecule has 1 aliphatic rings. The molecule has 1 aliphatic carbocycles. The number of aliphatic hydroxyl groups excluding tert-OH is 1. The van der Waals surface area contributed by atoms with Gasteiger partial charge in [0, 0.05) is 18.3 Å². The van der Waals surface area contributed by atoms with Crippen LogP contribution in [0.3, 0.4) is 0 Å². The van der Waals surface area contributed by atoms with Crippen LogP contribution in [0.4, 0.5) is 13.2 Å². The lowest BCUT2D eigenvalue weighted by Gasteiger charge is -2.28. The first-order chi connectivity index (χ1) is 6.99. The van der Waals surface area contributed by atoms with Crippen LogP contribution in [-0.4, -0.2) is 35.1 Å². The summed E-state index contributed by atoms with van der Waals surface area (Å²) in [6.07, 6.45) is 3.27. The Balaban J connectivity index is 2.08. The largest absolute Gasteiger partial charge is 0.441 e. The smallest absolute Gasteiger partial charge is 0.392 e. The third-order valence-electron chi connectivity index (χ3n) is 2.50. The summed E-state index contributed by atoms with van der Waals surface area (Å²) in [7, 11) is 0. The van der Waals surface area contributed by atoms with Crippen molar-refractivity contribution in [3.8, 4) is 0 Å². The van der Waals surface area contributed by atoms with Gasteiger partial charge in [0.15, 0.2) is 0 Å². The zero-order valence-corrected chi connectivity index (χ0v) is 9.20. The lowest BCUT2D eigenvalue weighted by molar-refractivity contribution is -0.0327. The van der Waals surface area contributed by atoms with Crippen LogP contribution in [0.1, 0.15) is 25.7 Å². The minimum absolute atomic E-state index is 0.00667. The van der Waals surface area contributed by atoms with Crippen LogP contribution < -0.4 is 5.32 Å². The van der Waals surface area contributed by atoms with Crippen LogP contribution in [0.15, 0.2) is 0 Å². The van der Waals surface area contributed by atoms with Crippen LogP contribution in [0.5, 0.6) is 0 Å². The Labute approximate surface area is 91.6 Å². The molecule has 0 aliphatic heterocycles. The molecule has 0 aromatic carbocycles. The minimum Gasteiger partial charge on any atom is -0.392 e. The second-order valence-corrected chi connectivity index (χ2v) is 4.87. The lowest BCUT2D eigenvalue weighted by atomic mass is 9.93. The molecule has 0 saturated heterocycles. The van der Waals surface area contributed by atoms with E-state index in [4.69, 9.17) is 0 Å². The fraction of sp³-hybridized carbons (Fsp3) is 1.00. The standard InChI is InChI=1S/C9H16F3NOS/c10-9(11,12)15-6-5-13-7-3-1-2-4-8(7)14/h7-8,13-14H,1-6H2. The molecule has 2 N–H and O–H groups in total. The lowest BCUT2D eigenvalue weighted by Crippen LogP contribution is -2.43. The van der Waals surface area contributed by atoms with Gasteiger partial charge < -0.3 is 10.4 Å². The average Bonchev–Trinajstić information content (AvgIpc) is 2.13. The minimum atomic E-state index is -4.15. The van der Waals surface area contributed by atoms with Gasteiger partial charge in [-0.3, -0.25) is 0 Å². The van der Waals surface area contributed by atoms with Gasteiger partial charge in [0.25, 0.3) is 0 Å². The Morgan fingerprint density at radius 1 is 1.27 bits per heavy atom. The maximum absolute atomic E-state index is 11.8. The predicted octanol–water partition coefficient (Wildman–Crippen LogP) is 2.13. The van der Waals surface area contributed by atoms with E-state index in [2.05, 4.69) is 5.32 Å². The summed E-state index contributed by atoms with van der Waals surface area (Å²) in [6, 6.07) is -0.0208. The highest BCUT2D eigenvalue weighted by molar-refractivity contribution is 8.00. The highest BCUT2D eigenvalue weighted by atomic mass is 32.2. The molecule has 2 nitrogen and oxygen atoms in total. The van der Waals surface area contributed by atoms with Crippen molar-refractivity contribution in [1.82, 2.24) is 5.32 Å². The molecule has 0 spiro atoms. The van der Waals surface area contributed by atoms with Crippen molar-refractivity contribution in [1.29, 1.82) is 0 Å². The maximum Gasteiger partial charge on any atom is 0.441 e. The molecule has 15 heavy (non-hydrogen) atoms.